The van der Waals surface area contributed by atoms with Gasteiger partial charge in [-0.3, -0.25) is 15.1 Å². The minimum Gasteiger partial charge on any atom is -0.488 e. The van der Waals surface area contributed by atoms with Gasteiger partial charge in [0.05, 0.1) is 11.1 Å². The summed E-state index contributed by atoms with van der Waals surface area (Å²) in [5, 5.41) is 2.15. The summed E-state index contributed by atoms with van der Waals surface area (Å²) in [6.07, 6.45) is -4.63. The molecule has 0 saturated carbocycles. The first-order valence-corrected chi connectivity index (χ1v) is 10.0. The van der Waals surface area contributed by atoms with Crippen molar-refractivity contribution in [3.63, 3.8) is 0 Å². The van der Waals surface area contributed by atoms with Gasteiger partial charge in [0, 0.05) is 34.8 Å². The van der Waals surface area contributed by atoms with Crippen molar-refractivity contribution in [1.29, 1.82) is 0 Å². The number of H-pyrrole nitrogens is 1. The lowest BCUT2D eigenvalue weighted by atomic mass is 10.1. The summed E-state index contributed by atoms with van der Waals surface area (Å²) in [5.74, 6) is -0.791. The van der Waals surface area contributed by atoms with E-state index in [9.17, 15) is 18.0 Å². The molecule has 0 aliphatic carbocycles. The van der Waals surface area contributed by atoms with Gasteiger partial charge in [-0.25, -0.2) is 0 Å². The van der Waals surface area contributed by atoms with Crippen molar-refractivity contribution in [2.75, 3.05) is 21.1 Å². The fourth-order valence-corrected chi connectivity index (χ4v) is 3.99. The van der Waals surface area contributed by atoms with Crippen molar-refractivity contribution in [3.05, 3.63) is 51.3 Å². The molecule has 0 saturated heterocycles. The van der Waals surface area contributed by atoms with E-state index >= 15 is 0 Å². The summed E-state index contributed by atoms with van der Waals surface area (Å²) in [6, 6.07) is 7.37. The Bertz CT molecular complexity index is 1120. The normalized spacial score (nSPS) is 12.5. The molecule has 0 radical (unpaired) electrons. The summed E-state index contributed by atoms with van der Waals surface area (Å²) in [5.41, 5.74) is 4.61. The van der Waals surface area contributed by atoms with Crippen molar-refractivity contribution in [2.24, 2.45) is 10.7 Å². The Labute approximate surface area is 180 Å². The van der Waals surface area contributed by atoms with Gasteiger partial charge < -0.3 is 20.4 Å². The van der Waals surface area contributed by atoms with Gasteiger partial charge in [-0.2, -0.15) is 13.2 Å². The zero-order chi connectivity index (χ0) is 22.8. The zero-order valence-corrected chi connectivity index (χ0v) is 17.9. The van der Waals surface area contributed by atoms with E-state index < -0.39 is 17.6 Å². The van der Waals surface area contributed by atoms with Gasteiger partial charge in [-0.05, 0) is 38.4 Å². The predicted molar refractivity (Wildman–Crippen MR) is 114 cm³/mol. The number of nitrogens with one attached hydrogen (secondary N) is 2. The summed E-state index contributed by atoms with van der Waals surface area (Å²) in [7, 11) is 5.29. The molecule has 31 heavy (non-hydrogen) atoms. The topological polar surface area (TPSA) is 95.7 Å². The number of carbonyl (C=O) groups excluding carboxylic acids is 1. The van der Waals surface area contributed by atoms with E-state index in [2.05, 4.69) is 15.3 Å². The van der Waals surface area contributed by atoms with Crippen LogP contribution in [-0.4, -0.2) is 42.9 Å². The zero-order valence-electron chi connectivity index (χ0n) is 17.1. The molecule has 0 atom stereocenters. The molecule has 0 spiro atoms. The van der Waals surface area contributed by atoms with Crippen molar-refractivity contribution in [2.45, 2.75) is 19.3 Å². The molecule has 3 aromatic rings. The molecule has 4 N–H and O–H groups in total. The number of ether oxygens (including phenoxy) is 1. The van der Waals surface area contributed by atoms with E-state index in [1.165, 1.54) is 24.5 Å². The van der Waals surface area contributed by atoms with Crippen molar-refractivity contribution >= 4 is 34.1 Å². The molecule has 11 heteroatoms. The Morgan fingerprint density at radius 1 is 1.26 bits per heavy atom. The summed E-state index contributed by atoms with van der Waals surface area (Å²) < 4.78 is 46.6. The van der Waals surface area contributed by atoms with Gasteiger partial charge in [0.15, 0.2) is 5.96 Å². The van der Waals surface area contributed by atoms with Crippen LogP contribution >= 0.6 is 11.3 Å². The Balaban J connectivity index is 1.88. The third kappa shape index (κ3) is 5.56. The maximum absolute atomic E-state index is 13.6. The molecule has 0 bridgehead atoms. The average molecular weight is 453 g/mol. The molecule has 0 aliphatic rings. The molecule has 2 aromatic heterocycles. The van der Waals surface area contributed by atoms with E-state index in [0.717, 1.165) is 28.4 Å². The van der Waals surface area contributed by atoms with Gasteiger partial charge in [-0.15, -0.1) is 11.3 Å². The Morgan fingerprint density at radius 2 is 1.97 bits per heavy atom. The minimum absolute atomic E-state index is 0.0471. The van der Waals surface area contributed by atoms with Gasteiger partial charge >= 0.3 is 6.18 Å². The summed E-state index contributed by atoms with van der Waals surface area (Å²) in [4.78, 5) is 22.5. The van der Waals surface area contributed by atoms with E-state index in [1.807, 2.05) is 31.1 Å². The Hall–Kier alpha value is -3.05. The van der Waals surface area contributed by atoms with E-state index in [-0.39, 0.29) is 34.9 Å². The highest BCUT2D eigenvalue weighted by atomic mass is 32.1. The van der Waals surface area contributed by atoms with Crippen LogP contribution in [0, 0.1) is 0 Å². The number of guanidine groups is 1. The average Bonchev–Trinajstić information content (AvgIpc) is 3.30. The van der Waals surface area contributed by atoms with Crippen LogP contribution in [0.1, 0.15) is 25.8 Å². The first kappa shape index (κ1) is 22.6. The monoisotopic (exact) mass is 453 g/mol. The maximum atomic E-state index is 13.6. The predicted octanol–water partition coefficient (Wildman–Crippen LogP) is 3.56. The molecule has 0 unspecified atom stereocenters. The van der Waals surface area contributed by atoms with Crippen LogP contribution in [0.15, 0.2) is 35.3 Å². The number of hydrogen-bond acceptors (Lipinski definition) is 5. The van der Waals surface area contributed by atoms with Gasteiger partial charge in [0.25, 0.3) is 5.91 Å². The van der Waals surface area contributed by atoms with Crippen LogP contribution in [-0.2, 0) is 19.3 Å². The molecular formula is C20H22F3N5O2S. The fraction of sp³-hybridized carbons (Fsp3) is 0.300. The number of rotatable bonds is 6. The van der Waals surface area contributed by atoms with Gasteiger partial charge in [-0.1, -0.05) is 0 Å². The van der Waals surface area contributed by atoms with E-state index in [0.29, 0.717) is 0 Å². The third-order valence-electron chi connectivity index (χ3n) is 4.31. The summed E-state index contributed by atoms with van der Waals surface area (Å²) in [6.45, 7) is 0.911. The number of thiophene rings is 1. The van der Waals surface area contributed by atoms with Crippen molar-refractivity contribution in [3.8, 4) is 5.75 Å². The molecule has 0 aliphatic heterocycles. The molecular weight excluding hydrogens is 431 g/mol. The number of aromatic nitrogens is 1. The second kappa shape index (κ2) is 8.98. The van der Waals surface area contributed by atoms with Crippen LogP contribution in [0.2, 0.25) is 0 Å². The van der Waals surface area contributed by atoms with Gasteiger partial charge in [0.1, 0.15) is 18.1 Å². The lowest BCUT2D eigenvalue weighted by Crippen LogP contribution is -2.36. The van der Waals surface area contributed by atoms with E-state index in [1.54, 1.807) is 0 Å². The minimum atomic E-state index is -4.63. The lowest BCUT2D eigenvalue weighted by Gasteiger charge is -2.11. The van der Waals surface area contributed by atoms with Crippen LogP contribution in [0.3, 0.4) is 0 Å². The number of aliphatic imine (C=N–C) groups is 1. The molecule has 166 valence electrons. The first-order chi connectivity index (χ1) is 14.6. The molecule has 7 nitrogen and oxygen atoms in total. The number of amides is 1. The number of nitrogens with zero attached hydrogens (tertiary/aromatic N) is 2. The number of fused-ring (bicyclic) bond motifs is 1. The van der Waals surface area contributed by atoms with Crippen LogP contribution < -0.4 is 15.8 Å². The second-order valence-electron chi connectivity index (χ2n) is 7.07. The second-order valence-corrected chi connectivity index (χ2v) is 8.32. The number of hydrogen-bond donors (Lipinski definition) is 3. The number of aromatic amines is 1. The smallest absolute Gasteiger partial charge is 0.417 e. The quantitative estimate of drug-likeness (QED) is 0.393. The fourth-order valence-electron chi connectivity index (χ4n) is 2.94. The van der Waals surface area contributed by atoms with Gasteiger partial charge in [0.2, 0.25) is 0 Å². The van der Waals surface area contributed by atoms with Crippen LogP contribution in [0.5, 0.6) is 5.75 Å². The molecule has 1 amide bonds. The standard InChI is InChI=1S/C20H22F3N5O2S/c1-25-19(24)27-18(29)17-8-14-15(20(21,22)23)6-11(7-16(14)26-17)30-10-13-5-4-12(31-13)9-28(2)3/h4-8,26H,9-10H2,1-3H3,(H3,24,25,27,29). The van der Waals surface area contributed by atoms with Crippen molar-refractivity contribution in [1.82, 2.24) is 15.2 Å². The number of halogens is 3. The Kier molecular flexibility index (Phi) is 6.56. The number of alkyl halides is 3. The highest BCUT2D eigenvalue weighted by Gasteiger charge is 2.34. The van der Waals surface area contributed by atoms with Crippen LogP contribution in [0.25, 0.3) is 10.9 Å². The highest BCUT2D eigenvalue weighted by Crippen LogP contribution is 2.38. The molecule has 3 rings (SSSR count). The maximum Gasteiger partial charge on any atom is 0.417 e. The molecule has 0 fully saturated rings. The summed E-state index contributed by atoms with van der Waals surface area (Å²) >= 11 is 1.54. The largest absolute Gasteiger partial charge is 0.488 e. The Morgan fingerprint density at radius 3 is 2.61 bits per heavy atom. The highest BCUT2D eigenvalue weighted by molar-refractivity contribution is 7.11. The SMILES string of the molecule is CN=C(N)NC(=O)c1cc2c(C(F)(F)F)cc(OCc3ccc(CN(C)C)s3)cc2[nH]1. The number of benzene rings is 1. The molecule has 2 heterocycles. The molecule has 1 aromatic carbocycles. The lowest BCUT2D eigenvalue weighted by molar-refractivity contribution is -0.136. The van der Waals surface area contributed by atoms with Crippen LogP contribution in [0.4, 0.5) is 13.2 Å². The number of carbonyl (C=O) groups is 1. The van der Waals surface area contributed by atoms with E-state index in [4.69, 9.17) is 10.5 Å². The first-order valence-electron chi connectivity index (χ1n) is 9.19. The van der Waals surface area contributed by atoms with Crippen molar-refractivity contribution < 1.29 is 22.7 Å². The third-order valence-corrected chi connectivity index (χ3v) is 5.36. The number of nitrogens with two attached hydrogens (primary N) is 1.